The summed E-state index contributed by atoms with van der Waals surface area (Å²) < 4.78 is 0. The molecule has 0 spiro atoms. The summed E-state index contributed by atoms with van der Waals surface area (Å²) in [6.07, 6.45) is 0. The van der Waals surface area contributed by atoms with Crippen molar-refractivity contribution in [3.8, 4) is 0 Å². The first-order valence-corrected chi connectivity index (χ1v) is 7.27. The lowest BCUT2D eigenvalue weighted by Crippen LogP contribution is -2.41. The Kier molecular flexibility index (Phi) is 3.85. The van der Waals surface area contributed by atoms with E-state index in [1.54, 1.807) is 0 Å². The Morgan fingerprint density at radius 3 is 2.50 bits per heavy atom. The third-order valence-corrected chi connectivity index (χ3v) is 4.43. The molecule has 0 radical (unpaired) electrons. The molecule has 0 saturated carbocycles. The predicted molar refractivity (Wildman–Crippen MR) is 80.9 cm³/mol. The summed E-state index contributed by atoms with van der Waals surface area (Å²) in [7, 11) is 0. The number of nitrogens with zero attached hydrogens (tertiary/aromatic N) is 1. The van der Waals surface area contributed by atoms with Gasteiger partial charge in [-0.15, -0.1) is 0 Å². The summed E-state index contributed by atoms with van der Waals surface area (Å²) in [6, 6.07) is 6.20. The van der Waals surface area contributed by atoms with Crippen molar-refractivity contribution in [3.05, 3.63) is 29.3 Å². The van der Waals surface area contributed by atoms with Crippen LogP contribution in [0.3, 0.4) is 0 Å². The summed E-state index contributed by atoms with van der Waals surface area (Å²) in [5.41, 5.74) is 8.83. The van der Waals surface area contributed by atoms with Crippen LogP contribution in [0, 0.1) is 12.3 Å². The highest BCUT2D eigenvalue weighted by atomic mass is 32.2. The Bertz CT molecular complexity index is 448. The van der Waals surface area contributed by atoms with E-state index in [4.69, 9.17) is 11.1 Å². The molecule has 1 fully saturated rings. The molecule has 1 aliphatic rings. The van der Waals surface area contributed by atoms with Crippen LogP contribution in [0.4, 0.5) is 5.69 Å². The number of thioether (sulfide) groups is 1. The Labute approximate surface area is 113 Å². The number of benzene rings is 1. The molecular formula is C14H21N3S. The lowest BCUT2D eigenvalue weighted by atomic mass is 10.1. The second kappa shape index (κ2) is 5.22. The van der Waals surface area contributed by atoms with Gasteiger partial charge in [0.2, 0.25) is 0 Å². The highest BCUT2D eigenvalue weighted by Gasteiger charge is 2.24. The van der Waals surface area contributed by atoms with Gasteiger partial charge in [0.25, 0.3) is 0 Å². The second-order valence-electron chi connectivity index (χ2n) is 5.10. The SMILES string of the molecule is Cc1ccc(N2CC(C)SC(C)C2)c(C(=N)N)c1. The number of amidine groups is 1. The number of nitrogens with two attached hydrogens (primary N) is 1. The van der Waals surface area contributed by atoms with Crippen LogP contribution in [0.2, 0.25) is 0 Å². The van der Waals surface area contributed by atoms with E-state index < -0.39 is 0 Å². The van der Waals surface area contributed by atoms with E-state index in [-0.39, 0.29) is 5.84 Å². The molecule has 2 rings (SSSR count). The molecule has 3 N–H and O–H groups in total. The van der Waals surface area contributed by atoms with E-state index in [9.17, 15) is 0 Å². The molecule has 0 aromatic heterocycles. The van der Waals surface area contributed by atoms with Crippen LogP contribution in [0.25, 0.3) is 0 Å². The summed E-state index contributed by atoms with van der Waals surface area (Å²) in [4.78, 5) is 2.36. The normalized spacial score (nSPS) is 24.1. The van der Waals surface area contributed by atoms with Crippen molar-refractivity contribution >= 4 is 23.3 Å². The van der Waals surface area contributed by atoms with Crippen LogP contribution >= 0.6 is 11.8 Å². The van der Waals surface area contributed by atoms with E-state index >= 15 is 0 Å². The molecule has 0 aliphatic carbocycles. The van der Waals surface area contributed by atoms with Crippen molar-refractivity contribution in [2.24, 2.45) is 5.73 Å². The zero-order valence-corrected chi connectivity index (χ0v) is 12.1. The third-order valence-electron chi connectivity index (χ3n) is 3.20. The Balaban J connectivity index is 2.35. The number of rotatable bonds is 2. The molecule has 98 valence electrons. The van der Waals surface area contributed by atoms with Gasteiger partial charge >= 0.3 is 0 Å². The van der Waals surface area contributed by atoms with Gasteiger partial charge in [0.1, 0.15) is 5.84 Å². The maximum atomic E-state index is 7.74. The largest absolute Gasteiger partial charge is 0.384 e. The van der Waals surface area contributed by atoms with Gasteiger partial charge in [-0.25, -0.2) is 0 Å². The van der Waals surface area contributed by atoms with Crippen LogP contribution in [0.1, 0.15) is 25.0 Å². The molecule has 18 heavy (non-hydrogen) atoms. The number of aryl methyl sites for hydroxylation is 1. The Hall–Kier alpha value is -1.16. The third kappa shape index (κ3) is 2.80. The quantitative estimate of drug-likeness (QED) is 0.637. The van der Waals surface area contributed by atoms with Gasteiger partial charge in [-0.05, 0) is 19.1 Å². The fourth-order valence-electron chi connectivity index (χ4n) is 2.52. The van der Waals surface area contributed by atoms with Crippen molar-refractivity contribution in [3.63, 3.8) is 0 Å². The molecule has 0 amide bonds. The first-order valence-electron chi connectivity index (χ1n) is 6.33. The van der Waals surface area contributed by atoms with Gasteiger partial charge in [0.15, 0.2) is 0 Å². The number of nitrogen functional groups attached to an aromatic ring is 1. The van der Waals surface area contributed by atoms with Crippen molar-refractivity contribution in [1.82, 2.24) is 0 Å². The Morgan fingerprint density at radius 2 is 1.94 bits per heavy atom. The first-order chi connectivity index (χ1) is 8.47. The summed E-state index contributed by atoms with van der Waals surface area (Å²) in [5.74, 6) is 0.159. The molecule has 4 heteroatoms. The van der Waals surface area contributed by atoms with Gasteiger partial charge < -0.3 is 10.6 Å². The molecule has 0 bridgehead atoms. The Morgan fingerprint density at radius 1 is 1.33 bits per heavy atom. The summed E-state index contributed by atoms with van der Waals surface area (Å²) >= 11 is 2.03. The molecule has 2 unspecified atom stereocenters. The van der Waals surface area contributed by atoms with Crippen LogP contribution < -0.4 is 10.6 Å². The molecule has 1 saturated heterocycles. The van der Waals surface area contributed by atoms with E-state index in [0.717, 1.165) is 29.9 Å². The van der Waals surface area contributed by atoms with Crippen molar-refractivity contribution in [2.75, 3.05) is 18.0 Å². The fourth-order valence-corrected chi connectivity index (χ4v) is 3.84. The van der Waals surface area contributed by atoms with E-state index in [0.29, 0.717) is 10.5 Å². The minimum absolute atomic E-state index is 0.159. The van der Waals surface area contributed by atoms with Crippen molar-refractivity contribution < 1.29 is 0 Å². The van der Waals surface area contributed by atoms with E-state index in [1.165, 1.54) is 0 Å². The van der Waals surface area contributed by atoms with Gasteiger partial charge in [-0.1, -0.05) is 25.5 Å². The van der Waals surface area contributed by atoms with Gasteiger partial charge in [0, 0.05) is 34.8 Å². The lowest BCUT2D eigenvalue weighted by molar-refractivity contribution is 0.727. The average molecular weight is 263 g/mol. The highest BCUT2D eigenvalue weighted by molar-refractivity contribution is 8.00. The highest BCUT2D eigenvalue weighted by Crippen LogP contribution is 2.30. The molecule has 1 heterocycles. The molecule has 1 aliphatic heterocycles. The van der Waals surface area contributed by atoms with Gasteiger partial charge in [0.05, 0.1) is 0 Å². The van der Waals surface area contributed by atoms with E-state index in [2.05, 4.69) is 30.9 Å². The molecule has 1 aromatic carbocycles. The summed E-state index contributed by atoms with van der Waals surface area (Å²) in [6.45, 7) is 8.61. The van der Waals surface area contributed by atoms with Crippen molar-refractivity contribution in [2.45, 2.75) is 31.3 Å². The molecule has 1 aromatic rings. The van der Waals surface area contributed by atoms with Crippen LogP contribution in [-0.4, -0.2) is 29.4 Å². The molecule has 2 atom stereocenters. The van der Waals surface area contributed by atoms with Crippen LogP contribution in [-0.2, 0) is 0 Å². The van der Waals surface area contributed by atoms with Crippen LogP contribution in [0.5, 0.6) is 0 Å². The zero-order valence-electron chi connectivity index (χ0n) is 11.2. The number of hydrogen-bond donors (Lipinski definition) is 2. The van der Waals surface area contributed by atoms with Gasteiger partial charge in [-0.2, -0.15) is 11.8 Å². The average Bonchev–Trinajstić information content (AvgIpc) is 2.27. The minimum atomic E-state index is 0.159. The predicted octanol–water partition coefficient (Wildman–Crippen LogP) is 2.61. The molecule has 3 nitrogen and oxygen atoms in total. The standard InChI is InChI=1S/C14H21N3S/c1-9-4-5-13(12(6-9)14(15)16)17-7-10(2)18-11(3)8-17/h4-6,10-11H,7-8H2,1-3H3,(H3,15,16). The zero-order chi connectivity index (χ0) is 13.3. The van der Waals surface area contributed by atoms with Gasteiger partial charge in [-0.3, -0.25) is 5.41 Å². The van der Waals surface area contributed by atoms with E-state index in [1.807, 2.05) is 24.8 Å². The fraction of sp³-hybridized carbons (Fsp3) is 0.500. The minimum Gasteiger partial charge on any atom is -0.384 e. The second-order valence-corrected chi connectivity index (χ2v) is 6.98. The number of hydrogen-bond acceptors (Lipinski definition) is 3. The first kappa shape index (κ1) is 13.3. The maximum absolute atomic E-state index is 7.74. The lowest BCUT2D eigenvalue weighted by Gasteiger charge is -2.37. The monoisotopic (exact) mass is 263 g/mol. The molecular weight excluding hydrogens is 242 g/mol. The summed E-state index contributed by atoms with van der Waals surface area (Å²) in [5, 5.41) is 8.98. The number of anilines is 1. The van der Waals surface area contributed by atoms with Crippen LogP contribution in [0.15, 0.2) is 18.2 Å². The maximum Gasteiger partial charge on any atom is 0.124 e. The van der Waals surface area contributed by atoms with Crippen molar-refractivity contribution in [1.29, 1.82) is 5.41 Å². The number of nitrogens with one attached hydrogen (secondary N) is 1. The smallest absolute Gasteiger partial charge is 0.124 e. The topological polar surface area (TPSA) is 53.1 Å².